The molecule has 0 aromatic carbocycles. The molecule has 1 saturated heterocycles. The highest BCUT2D eigenvalue weighted by molar-refractivity contribution is 6.00. The predicted molar refractivity (Wildman–Crippen MR) is 80.4 cm³/mol. The lowest BCUT2D eigenvalue weighted by Gasteiger charge is -2.15. The molecule has 0 saturated carbocycles. The number of pyridine rings is 1. The maximum Gasteiger partial charge on any atom is 0.257 e. The van der Waals surface area contributed by atoms with E-state index in [0.29, 0.717) is 29.3 Å². The fourth-order valence-corrected chi connectivity index (χ4v) is 2.62. The van der Waals surface area contributed by atoms with E-state index in [9.17, 15) is 4.79 Å². The molecular weight excluding hydrogens is 282 g/mol. The molecule has 3 rings (SSSR count). The summed E-state index contributed by atoms with van der Waals surface area (Å²) in [6, 6.07) is 5.62. The molecule has 1 N–H and O–H groups in total. The van der Waals surface area contributed by atoms with Gasteiger partial charge in [-0.2, -0.15) is 0 Å². The number of aromatic nitrogens is 2. The number of carbonyl (C=O) groups excluding carboxylic acids is 1. The summed E-state index contributed by atoms with van der Waals surface area (Å²) in [5.41, 5.74) is 1.58. The van der Waals surface area contributed by atoms with Crippen molar-refractivity contribution in [3.63, 3.8) is 0 Å². The third kappa shape index (κ3) is 3.17. The predicted octanol–water partition coefficient (Wildman–Crippen LogP) is 2.34. The van der Waals surface area contributed by atoms with Crippen molar-refractivity contribution in [2.24, 2.45) is 0 Å². The van der Waals surface area contributed by atoms with Gasteiger partial charge in [0.1, 0.15) is 17.0 Å². The first-order chi connectivity index (χ1) is 10.8. The number of ether oxygens (including phenoxy) is 1. The Morgan fingerprint density at radius 3 is 3.05 bits per heavy atom. The van der Waals surface area contributed by atoms with Crippen LogP contribution in [0, 0.1) is 6.92 Å². The summed E-state index contributed by atoms with van der Waals surface area (Å²) >= 11 is 0. The minimum Gasteiger partial charge on any atom is -0.381 e. The van der Waals surface area contributed by atoms with Crippen molar-refractivity contribution in [3.8, 4) is 11.4 Å². The van der Waals surface area contributed by atoms with Gasteiger partial charge in [-0.25, -0.2) is 0 Å². The third-order valence-electron chi connectivity index (χ3n) is 3.78. The molecule has 6 heteroatoms. The zero-order chi connectivity index (χ0) is 15.4. The molecule has 0 radical (unpaired) electrons. The molecule has 1 atom stereocenters. The minimum absolute atomic E-state index is 0.126. The zero-order valence-electron chi connectivity index (χ0n) is 12.5. The normalized spacial score (nSPS) is 18.7. The molecule has 2 aromatic heterocycles. The van der Waals surface area contributed by atoms with Crippen molar-refractivity contribution in [2.45, 2.75) is 32.2 Å². The Morgan fingerprint density at radius 2 is 2.23 bits per heavy atom. The van der Waals surface area contributed by atoms with Crippen LogP contribution in [0.5, 0.6) is 0 Å². The molecule has 22 heavy (non-hydrogen) atoms. The highest BCUT2D eigenvalue weighted by Crippen LogP contribution is 2.23. The van der Waals surface area contributed by atoms with Gasteiger partial charge in [0.15, 0.2) is 0 Å². The van der Waals surface area contributed by atoms with Crippen molar-refractivity contribution >= 4 is 5.91 Å². The van der Waals surface area contributed by atoms with E-state index in [-0.39, 0.29) is 11.9 Å². The first kappa shape index (κ1) is 14.7. The topological polar surface area (TPSA) is 77.2 Å². The Hall–Kier alpha value is -2.21. The van der Waals surface area contributed by atoms with Gasteiger partial charge < -0.3 is 14.6 Å². The number of nitrogens with one attached hydrogen (secondary N) is 1. The van der Waals surface area contributed by atoms with Crippen LogP contribution in [0.15, 0.2) is 28.9 Å². The molecular formula is C16H19N3O3. The lowest BCUT2D eigenvalue weighted by atomic mass is 10.1. The second-order valence-electron chi connectivity index (χ2n) is 5.39. The van der Waals surface area contributed by atoms with Crippen LogP contribution < -0.4 is 5.32 Å². The Bertz CT molecular complexity index is 631. The minimum atomic E-state index is -0.161. The van der Waals surface area contributed by atoms with Gasteiger partial charge in [0.2, 0.25) is 0 Å². The van der Waals surface area contributed by atoms with E-state index >= 15 is 0 Å². The van der Waals surface area contributed by atoms with Crippen molar-refractivity contribution in [1.82, 2.24) is 15.5 Å². The van der Waals surface area contributed by atoms with E-state index < -0.39 is 0 Å². The number of aryl methyl sites for hydroxylation is 1. The molecule has 0 unspecified atom stereocenters. The Labute approximate surface area is 128 Å². The van der Waals surface area contributed by atoms with Crippen molar-refractivity contribution in [3.05, 3.63) is 35.7 Å². The van der Waals surface area contributed by atoms with Gasteiger partial charge in [-0.1, -0.05) is 11.2 Å². The van der Waals surface area contributed by atoms with Gasteiger partial charge in [-0.3, -0.25) is 9.78 Å². The fourth-order valence-electron chi connectivity index (χ4n) is 2.62. The lowest BCUT2D eigenvalue weighted by Crippen LogP contribution is -2.35. The lowest BCUT2D eigenvalue weighted by molar-refractivity contribution is 0.0928. The van der Waals surface area contributed by atoms with Crippen LogP contribution in [-0.4, -0.2) is 35.3 Å². The van der Waals surface area contributed by atoms with Gasteiger partial charge in [0, 0.05) is 25.5 Å². The number of amides is 1. The zero-order valence-corrected chi connectivity index (χ0v) is 12.5. The summed E-state index contributed by atoms with van der Waals surface area (Å²) in [5.74, 6) is 0.342. The van der Waals surface area contributed by atoms with Crippen LogP contribution in [0.2, 0.25) is 0 Å². The first-order valence-corrected chi connectivity index (χ1v) is 7.52. The van der Waals surface area contributed by atoms with E-state index in [2.05, 4.69) is 15.5 Å². The quantitative estimate of drug-likeness (QED) is 0.941. The second-order valence-corrected chi connectivity index (χ2v) is 5.39. The average Bonchev–Trinajstić information content (AvgIpc) is 2.75. The third-order valence-corrected chi connectivity index (χ3v) is 3.78. The fraction of sp³-hybridized carbons (Fsp3) is 0.438. The van der Waals surface area contributed by atoms with E-state index in [0.717, 1.165) is 25.9 Å². The van der Waals surface area contributed by atoms with Gasteiger partial charge >= 0.3 is 0 Å². The summed E-state index contributed by atoms with van der Waals surface area (Å²) in [4.78, 5) is 16.9. The molecule has 0 spiro atoms. The van der Waals surface area contributed by atoms with Crippen LogP contribution in [-0.2, 0) is 4.74 Å². The van der Waals surface area contributed by atoms with Crippen LogP contribution in [0.4, 0.5) is 0 Å². The molecule has 1 fully saturated rings. The van der Waals surface area contributed by atoms with Crippen LogP contribution >= 0.6 is 0 Å². The van der Waals surface area contributed by atoms with Gasteiger partial charge in [-0.15, -0.1) is 0 Å². The van der Waals surface area contributed by atoms with Gasteiger partial charge in [0.25, 0.3) is 5.91 Å². The monoisotopic (exact) mass is 301 g/mol. The number of hydrogen-bond acceptors (Lipinski definition) is 5. The molecule has 116 valence electrons. The summed E-state index contributed by atoms with van der Waals surface area (Å²) in [7, 11) is 0. The summed E-state index contributed by atoms with van der Waals surface area (Å²) in [6.45, 7) is 3.18. The summed E-state index contributed by atoms with van der Waals surface area (Å²) < 4.78 is 10.6. The molecule has 0 bridgehead atoms. The van der Waals surface area contributed by atoms with E-state index in [4.69, 9.17) is 9.26 Å². The molecule has 3 heterocycles. The SMILES string of the molecule is Cc1onc(-c2ccccn2)c1C(=O)N[C@H]1CCCOCC1. The number of carbonyl (C=O) groups is 1. The Balaban J connectivity index is 1.82. The van der Waals surface area contributed by atoms with Crippen molar-refractivity contribution in [2.75, 3.05) is 13.2 Å². The maximum atomic E-state index is 12.6. The van der Waals surface area contributed by atoms with Gasteiger partial charge in [0.05, 0.1) is 5.69 Å². The van der Waals surface area contributed by atoms with E-state index in [1.54, 1.807) is 13.1 Å². The highest BCUT2D eigenvalue weighted by Gasteiger charge is 2.24. The molecule has 6 nitrogen and oxygen atoms in total. The smallest absolute Gasteiger partial charge is 0.257 e. The number of hydrogen-bond donors (Lipinski definition) is 1. The molecule has 0 aliphatic carbocycles. The molecule has 2 aromatic rings. The van der Waals surface area contributed by atoms with Crippen LogP contribution in [0.3, 0.4) is 0 Å². The van der Waals surface area contributed by atoms with Crippen LogP contribution in [0.1, 0.15) is 35.4 Å². The van der Waals surface area contributed by atoms with Crippen LogP contribution in [0.25, 0.3) is 11.4 Å². The van der Waals surface area contributed by atoms with Crippen molar-refractivity contribution in [1.29, 1.82) is 0 Å². The Kier molecular flexibility index (Phi) is 4.48. The summed E-state index contributed by atoms with van der Waals surface area (Å²) in [5, 5.41) is 7.06. The standard InChI is InChI=1S/C16H19N3O3/c1-11-14(15(19-22-11)13-6-2-3-8-17-13)16(20)18-12-5-4-9-21-10-7-12/h2-3,6,8,12H,4-5,7,9-10H2,1H3,(H,18,20)/t12-/m0/s1. The maximum absolute atomic E-state index is 12.6. The molecule has 1 aliphatic rings. The van der Waals surface area contributed by atoms with Crippen molar-refractivity contribution < 1.29 is 14.1 Å². The molecule has 1 amide bonds. The number of nitrogens with zero attached hydrogens (tertiary/aromatic N) is 2. The average molecular weight is 301 g/mol. The largest absolute Gasteiger partial charge is 0.381 e. The second kappa shape index (κ2) is 6.70. The highest BCUT2D eigenvalue weighted by atomic mass is 16.5. The molecule has 1 aliphatic heterocycles. The van der Waals surface area contributed by atoms with Gasteiger partial charge in [-0.05, 0) is 38.3 Å². The van der Waals surface area contributed by atoms with E-state index in [1.165, 1.54) is 0 Å². The summed E-state index contributed by atoms with van der Waals surface area (Å²) in [6.07, 6.45) is 4.38. The Morgan fingerprint density at radius 1 is 1.32 bits per heavy atom. The number of rotatable bonds is 3. The first-order valence-electron chi connectivity index (χ1n) is 7.52. The van der Waals surface area contributed by atoms with E-state index in [1.807, 2.05) is 18.2 Å².